The van der Waals surface area contributed by atoms with Crippen LogP contribution in [0, 0.1) is 0 Å². The Morgan fingerprint density at radius 2 is 1.80 bits per heavy atom. The van der Waals surface area contributed by atoms with E-state index in [9.17, 15) is 9.90 Å². The molecule has 0 aromatic heterocycles. The molecule has 3 atom stereocenters. The highest BCUT2D eigenvalue weighted by atomic mass is 28.4. The molecule has 1 fully saturated rings. The van der Waals surface area contributed by atoms with Crippen LogP contribution in [-0.2, 0) is 19.4 Å². The van der Waals surface area contributed by atoms with Crippen LogP contribution in [0.25, 0.3) is 0 Å². The van der Waals surface area contributed by atoms with E-state index in [0.717, 1.165) is 16.8 Å². The minimum Gasteiger partial charge on any atom is -0.435 e. The summed E-state index contributed by atoms with van der Waals surface area (Å²) in [6, 6.07) is 8.06. The molecule has 0 amide bonds. The minimum absolute atomic E-state index is 0.0950. The summed E-state index contributed by atoms with van der Waals surface area (Å²) >= 11 is 0. The Morgan fingerprint density at radius 1 is 1.17 bits per heavy atom. The maximum atomic E-state index is 12.8. The lowest BCUT2D eigenvalue weighted by atomic mass is 9.63. The van der Waals surface area contributed by atoms with Crippen LogP contribution < -0.4 is 5.32 Å². The van der Waals surface area contributed by atoms with E-state index in [4.69, 9.17) is 9.16 Å². The van der Waals surface area contributed by atoms with E-state index in [-0.39, 0.29) is 25.1 Å². The third-order valence-electron chi connectivity index (χ3n) is 7.83. The van der Waals surface area contributed by atoms with Gasteiger partial charge in [0.2, 0.25) is 14.0 Å². The van der Waals surface area contributed by atoms with E-state index in [1.54, 1.807) is 0 Å². The first-order chi connectivity index (χ1) is 14.2. The molecular formula is C24H35NO4Si. The Hall–Kier alpha value is -1.63. The number of nitrogens with one attached hydrogen (secondary N) is 1. The standard InChI is InChI=1S/C24H35NO4Si/c1-15(2)30(16(3)4,17(5)6)29-21-12-11-18(14-26)23-13-22(27)28-24(21,23)25-20-10-8-7-9-19(20)23/h7-11,15-17,21,25-26H,12-14H2,1-6H3/t21-,23-,24+/m1/s1. The summed E-state index contributed by atoms with van der Waals surface area (Å²) in [5, 5.41) is 13.9. The molecule has 1 aliphatic carbocycles. The summed E-state index contributed by atoms with van der Waals surface area (Å²) in [5.41, 5.74) is 2.39. The molecule has 2 N–H and O–H groups in total. The Balaban J connectivity index is 1.89. The van der Waals surface area contributed by atoms with Gasteiger partial charge in [0.25, 0.3) is 0 Å². The first-order valence-electron chi connectivity index (χ1n) is 11.2. The van der Waals surface area contributed by atoms with E-state index in [0.29, 0.717) is 23.0 Å². The zero-order valence-corrected chi connectivity index (χ0v) is 20.0. The normalized spacial score (nSPS) is 30.1. The lowest BCUT2D eigenvalue weighted by molar-refractivity contribution is -0.156. The van der Waals surface area contributed by atoms with Crippen LogP contribution in [-0.4, -0.2) is 37.8 Å². The second-order valence-corrected chi connectivity index (χ2v) is 15.4. The molecule has 1 saturated heterocycles. The van der Waals surface area contributed by atoms with Crippen molar-refractivity contribution in [3.05, 3.63) is 41.5 Å². The van der Waals surface area contributed by atoms with Crippen molar-refractivity contribution in [2.45, 2.75) is 88.3 Å². The Bertz CT molecular complexity index is 858. The lowest BCUT2D eigenvalue weighted by Gasteiger charge is -2.52. The molecule has 0 radical (unpaired) electrons. The van der Waals surface area contributed by atoms with Crippen LogP contribution in [0.2, 0.25) is 16.6 Å². The number of carbonyl (C=O) groups is 1. The lowest BCUT2D eigenvalue weighted by Crippen LogP contribution is -2.65. The number of hydrogen-bond acceptors (Lipinski definition) is 5. The highest BCUT2D eigenvalue weighted by Gasteiger charge is 2.73. The van der Waals surface area contributed by atoms with Gasteiger partial charge in [0.15, 0.2) is 0 Å². The van der Waals surface area contributed by atoms with Crippen LogP contribution in [0.3, 0.4) is 0 Å². The number of rotatable bonds is 6. The van der Waals surface area contributed by atoms with Gasteiger partial charge in [-0.2, -0.15) is 0 Å². The first kappa shape index (κ1) is 21.6. The summed E-state index contributed by atoms with van der Waals surface area (Å²) in [6.45, 7) is 13.5. The van der Waals surface area contributed by atoms with Crippen LogP contribution >= 0.6 is 0 Å². The molecule has 1 aromatic carbocycles. The summed E-state index contributed by atoms with van der Waals surface area (Å²) in [5.74, 6) is -0.238. The van der Waals surface area contributed by atoms with E-state index in [2.05, 4.69) is 59.0 Å². The van der Waals surface area contributed by atoms with Crippen molar-refractivity contribution < 1.29 is 19.1 Å². The van der Waals surface area contributed by atoms with E-state index in [1.165, 1.54) is 0 Å². The maximum absolute atomic E-state index is 12.8. The smallest absolute Gasteiger partial charge is 0.309 e. The number of ether oxygens (including phenoxy) is 1. The first-order valence-corrected chi connectivity index (χ1v) is 13.4. The minimum atomic E-state index is -2.22. The molecule has 164 valence electrons. The van der Waals surface area contributed by atoms with Crippen LogP contribution in [0.4, 0.5) is 5.69 Å². The van der Waals surface area contributed by atoms with Crippen molar-refractivity contribution in [3.63, 3.8) is 0 Å². The van der Waals surface area contributed by atoms with E-state index < -0.39 is 19.5 Å². The molecule has 0 bridgehead atoms. The van der Waals surface area contributed by atoms with Gasteiger partial charge in [-0.25, -0.2) is 0 Å². The number of anilines is 1. The van der Waals surface area contributed by atoms with Gasteiger partial charge in [0, 0.05) is 5.69 Å². The van der Waals surface area contributed by atoms with Crippen LogP contribution in [0.5, 0.6) is 0 Å². The predicted octanol–water partition coefficient (Wildman–Crippen LogP) is 4.88. The summed E-state index contributed by atoms with van der Waals surface area (Å²) in [6.07, 6.45) is 2.63. The Morgan fingerprint density at radius 3 is 2.40 bits per heavy atom. The molecular weight excluding hydrogens is 394 g/mol. The zero-order chi connectivity index (χ0) is 21.9. The predicted molar refractivity (Wildman–Crippen MR) is 121 cm³/mol. The molecule has 6 heteroatoms. The van der Waals surface area contributed by atoms with Crippen molar-refractivity contribution in [1.29, 1.82) is 0 Å². The highest BCUT2D eigenvalue weighted by molar-refractivity contribution is 6.77. The van der Waals surface area contributed by atoms with Crippen molar-refractivity contribution in [3.8, 4) is 0 Å². The quantitative estimate of drug-likeness (QED) is 0.383. The Labute approximate surface area is 181 Å². The molecule has 5 nitrogen and oxygen atoms in total. The number of para-hydroxylation sites is 1. The van der Waals surface area contributed by atoms with Gasteiger partial charge in [0.05, 0.1) is 18.4 Å². The van der Waals surface area contributed by atoms with Gasteiger partial charge >= 0.3 is 5.97 Å². The fourth-order valence-electron chi connectivity index (χ4n) is 6.76. The molecule has 0 unspecified atom stereocenters. The molecule has 4 rings (SSSR count). The number of carbonyl (C=O) groups excluding carboxylic acids is 1. The van der Waals surface area contributed by atoms with Crippen LogP contribution in [0.1, 0.15) is 59.9 Å². The van der Waals surface area contributed by atoms with E-state index in [1.807, 2.05) is 18.2 Å². The number of aliphatic hydroxyl groups is 1. The fraction of sp³-hybridized carbons (Fsp3) is 0.625. The SMILES string of the molecule is CC(C)[Si](O[C@@H]1CC=C(CO)[C@@]23CC(=O)O[C@@]12Nc1ccccc13)(C(C)C)C(C)C. The highest BCUT2D eigenvalue weighted by Crippen LogP contribution is 2.63. The van der Waals surface area contributed by atoms with E-state index >= 15 is 0 Å². The third-order valence-corrected chi connectivity index (χ3v) is 13.9. The van der Waals surface area contributed by atoms with Crippen molar-refractivity contribution >= 4 is 20.0 Å². The molecule has 3 aliphatic rings. The maximum Gasteiger partial charge on any atom is 0.309 e. The second kappa shape index (κ2) is 7.21. The average molecular weight is 430 g/mol. The molecule has 30 heavy (non-hydrogen) atoms. The summed E-state index contributed by atoms with van der Waals surface area (Å²) < 4.78 is 13.4. The van der Waals surface area contributed by atoms with Gasteiger partial charge in [-0.15, -0.1) is 0 Å². The number of hydrogen-bond donors (Lipinski definition) is 2. The fourth-order valence-corrected chi connectivity index (χ4v) is 12.3. The molecule has 0 saturated carbocycles. The second-order valence-electron chi connectivity index (χ2n) is 10.0. The van der Waals surface area contributed by atoms with Crippen molar-refractivity contribution in [2.75, 3.05) is 11.9 Å². The third kappa shape index (κ3) is 2.56. The van der Waals surface area contributed by atoms with Crippen molar-refractivity contribution in [1.82, 2.24) is 0 Å². The van der Waals surface area contributed by atoms with Crippen molar-refractivity contribution in [2.24, 2.45) is 0 Å². The summed E-state index contributed by atoms with van der Waals surface area (Å²) in [7, 11) is -2.22. The van der Waals surface area contributed by atoms with Gasteiger partial charge in [-0.3, -0.25) is 4.79 Å². The summed E-state index contributed by atoms with van der Waals surface area (Å²) in [4.78, 5) is 12.8. The molecule has 2 aliphatic heterocycles. The largest absolute Gasteiger partial charge is 0.435 e. The number of benzene rings is 1. The zero-order valence-electron chi connectivity index (χ0n) is 19.0. The molecule has 1 aromatic rings. The Kier molecular flexibility index (Phi) is 5.19. The van der Waals surface area contributed by atoms with Gasteiger partial charge in [-0.1, -0.05) is 65.8 Å². The molecule has 2 heterocycles. The van der Waals surface area contributed by atoms with Gasteiger partial charge in [0.1, 0.15) is 6.10 Å². The van der Waals surface area contributed by atoms with Gasteiger partial charge in [-0.05, 0) is 40.2 Å². The number of aliphatic hydroxyl groups excluding tert-OH is 1. The topological polar surface area (TPSA) is 67.8 Å². The monoisotopic (exact) mass is 429 g/mol. The van der Waals surface area contributed by atoms with Crippen LogP contribution in [0.15, 0.2) is 35.9 Å². The number of esters is 1. The molecule has 0 spiro atoms. The van der Waals surface area contributed by atoms with Gasteiger partial charge < -0.3 is 19.6 Å². The average Bonchev–Trinajstić information content (AvgIpc) is 3.13. The number of fused-ring (bicyclic) bond motifs is 1.